The van der Waals surface area contributed by atoms with Gasteiger partial charge in [-0.2, -0.15) is 0 Å². The number of aliphatic carboxylic acids is 1. The second-order valence-electron chi connectivity index (χ2n) is 3.89. The highest BCUT2D eigenvalue weighted by molar-refractivity contribution is 6.07. The summed E-state index contributed by atoms with van der Waals surface area (Å²) in [5, 5.41) is 9.28. The summed E-state index contributed by atoms with van der Waals surface area (Å²) in [6, 6.07) is 7.00. The van der Waals surface area contributed by atoms with Crippen LogP contribution in [0.2, 0.25) is 0 Å². The maximum absolute atomic E-state index is 11.7. The third kappa shape index (κ3) is 1.19. The molecule has 0 aliphatic heterocycles. The Balaban J connectivity index is 2.65. The maximum Gasteiger partial charge on any atom is 0.314 e. The summed E-state index contributed by atoms with van der Waals surface area (Å²) in [4.78, 5) is 23.0. The summed E-state index contributed by atoms with van der Waals surface area (Å²) in [7, 11) is 0. The number of ketones is 1. The second kappa shape index (κ2) is 3.19. The molecule has 1 N–H and O–H groups in total. The van der Waals surface area contributed by atoms with Crippen molar-refractivity contribution in [3.8, 4) is 0 Å². The highest BCUT2D eigenvalue weighted by Crippen LogP contribution is 2.41. The predicted octanol–water partition coefficient (Wildman–Crippen LogP) is 2.01. The Morgan fingerprint density at radius 3 is 2.73 bits per heavy atom. The maximum atomic E-state index is 11.7. The van der Waals surface area contributed by atoms with Gasteiger partial charge in [-0.05, 0) is 12.0 Å². The fourth-order valence-corrected chi connectivity index (χ4v) is 2.27. The minimum Gasteiger partial charge on any atom is -0.481 e. The molecule has 0 saturated heterocycles. The number of Topliss-reactive ketones (excluding diaryl/α,β-unsaturated/α-hetero) is 1. The van der Waals surface area contributed by atoms with Crippen LogP contribution in [0, 0.1) is 0 Å². The van der Waals surface area contributed by atoms with Gasteiger partial charge in [0.15, 0.2) is 5.78 Å². The van der Waals surface area contributed by atoms with E-state index in [1.54, 1.807) is 24.3 Å². The fraction of sp³-hybridized carbons (Fsp3) is 0.333. The summed E-state index contributed by atoms with van der Waals surface area (Å²) in [6.45, 7) is 1.81. The van der Waals surface area contributed by atoms with Crippen molar-refractivity contribution in [2.45, 2.75) is 25.2 Å². The Hall–Kier alpha value is -1.64. The molecule has 1 aliphatic carbocycles. The lowest BCUT2D eigenvalue weighted by molar-refractivity contribution is -0.143. The number of benzene rings is 1. The monoisotopic (exact) mass is 204 g/mol. The third-order valence-corrected chi connectivity index (χ3v) is 3.22. The van der Waals surface area contributed by atoms with Crippen LogP contribution in [0.4, 0.5) is 0 Å². The molecule has 0 radical (unpaired) electrons. The third-order valence-electron chi connectivity index (χ3n) is 3.22. The largest absolute Gasteiger partial charge is 0.481 e. The van der Waals surface area contributed by atoms with E-state index in [-0.39, 0.29) is 12.2 Å². The predicted molar refractivity (Wildman–Crippen MR) is 55.0 cm³/mol. The van der Waals surface area contributed by atoms with Gasteiger partial charge in [0.2, 0.25) is 0 Å². The summed E-state index contributed by atoms with van der Waals surface area (Å²) < 4.78 is 0. The van der Waals surface area contributed by atoms with Crippen molar-refractivity contribution in [2.75, 3.05) is 0 Å². The molecule has 0 heterocycles. The first-order valence-corrected chi connectivity index (χ1v) is 4.98. The molecule has 0 spiro atoms. The average Bonchev–Trinajstić information content (AvgIpc) is 2.54. The highest BCUT2D eigenvalue weighted by Gasteiger charge is 2.47. The first kappa shape index (κ1) is 9.90. The van der Waals surface area contributed by atoms with Gasteiger partial charge in [-0.15, -0.1) is 0 Å². The van der Waals surface area contributed by atoms with Gasteiger partial charge in [-0.1, -0.05) is 31.2 Å². The van der Waals surface area contributed by atoms with Gasteiger partial charge >= 0.3 is 5.97 Å². The van der Waals surface area contributed by atoms with Crippen molar-refractivity contribution in [2.24, 2.45) is 0 Å². The van der Waals surface area contributed by atoms with E-state index in [2.05, 4.69) is 0 Å². The van der Waals surface area contributed by atoms with E-state index < -0.39 is 11.4 Å². The van der Waals surface area contributed by atoms with Crippen molar-refractivity contribution in [3.05, 3.63) is 35.4 Å². The molecule has 0 amide bonds. The molecule has 1 aromatic rings. The van der Waals surface area contributed by atoms with Crippen LogP contribution in [0.1, 0.15) is 35.7 Å². The molecule has 3 nitrogen and oxygen atoms in total. The molecule has 0 bridgehead atoms. The average molecular weight is 204 g/mol. The first-order valence-electron chi connectivity index (χ1n) is 4.98. The van der Waals surface area contributed by atoms with E-state index in [0.717, 1.165) is 0 Å². The van der Waals surface area contributed by atoms with Gasteiger partial charge in [0.25, 0.3) is 0 Å². The van der Waals surface area contributed by atoms with Crippen LogP contribution in [0.5, 0.6) is 0 Å². The van der Waals surface area contributed by atoms with Gasteiger partial charge < -0.3 is 5.11 Å². The van der Waals surface area contributed by atoms with E-state index in [0.29, 0.717) is 17.5 Å². The molecule has 0 aromatic heterocycles. The molecule has 2 rings (SSSR count). The van der Waals surface area contributed by atoms with Gasteiger partial charge in [0, 0.05) is 12.0 Å². The highest BCUT2D eigenvalue weighted by atomic mass is 16.4. The van der Waals surface area contributed by atoms with Crippen LogP contribution < -0.4 is 0 Å². The second-order valence-corrected chi connectivity index (χ2v) is 3.89. The summed E-state index contributed by atoms with van der Waals surface area (Å²) in [6.07, 6.45) is 0.545. The number of carboxylic acids is 1. The lowest BCUT2D eigenvalue weighted by Crippen LogP contribution is -2.32. The summed E-state index contributed by atoms with van der Waals surface area (Å²) >= 11 is 0. The summed E-state index contributed by atoms with van der Waals surface area (Å²) in [5.74, 6) is -0.960. The SMILES string of the molecule is CCC1(C(=O)O)CC(=O)c2ccccc21. The molecule has 0 fully saturated rings. The molecule has 1 unspecified atom stereocenters. The smallest absolute Gasteiger partial charge is 0.314 e. The zero-order chi connectivity index (χ0) is 11.1. The van der Waals surface area contributed by atoms with E-state index >= 15 is 0 Å². The normalized spacial score (nSPS) is 23.9. The van der Waals surface area contributed by atoms with Crippen LogP contribution in [0.3, 0.4) is 0 Å². The minimum atomic E-state index is -0.992. The van der Waals surface area contributed by atoms with Crippen molar-refractivity contribution >= 4 is 11.8 Å². The molecular weight excluding hydrogens is 192 g/mol. The number of rotatable bonds is 2. The van der Waals surface area contributed by atoms with Crippen LogP contribution >= 0.6 is 0 Å². The van der Waals surface area contributed by atoms with Crippen LogP contribution in [0.25, 0.3) is 0 Å². The van der Waals surface area contributed by atoms with Gasteiger partial charge in [0.1, 0.15) is 5.41 Å². The van der Waals surface area contributed by atoms with Crippen molar-refractivity contribution in [1.29, 1.82) is 0 Å². The Bertz CT molecular complexity index is 436. The van der Waals surface area contributed by atoms with E-state index in [1.165, 1.54) is 0 Å². The molecular formula is C12H12O3. The first-order chi connectivity index (χ1) is 7.12. The number of carbonyl (C=O) groups is 2. The Morgan fingerprint density at radius 1 is 1.47 bits per heavy atom. The molecule has 78 valence electrons. The Morgan fingerprint density at radius 2 is 2.13 bits per heavy atom. The number of fused-ring (bicyclic) bond motifs is 1. The molecule has 15 heavy (non-hydrogen) atoms. The number of hydrogen-bond donors (Lipinski definition) is 1. The summed E-state index contributed by atoms with van der Waals surface area (Å²) in [5.41, 5.74) is 0.250. The fourth-order valence-electron chi connectivity index (χ4n) is 2.27. The Kier molecular flexibility index (Phi) is 2.11. The zero-order valence-corrected chi connectivity index (χ0v) is 8.49. The van der Waals surface area contributed by atoms with E-state index in [4.69, 9.17) is 0 Å². The van der Waals surface area contributed by atoms with Crippen LogP contribution in [-0.4, -0.2) is 16.9 Å². The Labute approximate surface area is 87.7 Å². The van der Waals surface area contributed by atoms with Crippen LogP contribution in [0.15, 0.2) is 24.3 Å². The van der Waals surface area contributed by atoms with Crippen molar-refractivity contribution in [1.82, 2.24) is 0 Å². The van der Waals surface area contributed by atoms with Gasteiger partial charge in [0.05, 0.1) is 0 Å². The molecule has 1 aromatic carbocycles. The van der Waals surface area contributed by atoms with Gasteiger partial charge in [-0.3, -0.25) is 9.59 Å². The molecule has 3 heteroatoms. The number of carbonyl (C=O) groups excluding carboxylic acids is 1. The minimum absolute atomic E-state index is 0.0603. The lowest BCUT2D eigenvalue weighted by Gasteiger charge is -2.22. The van der Waals surface area contributed by atoms with E-state index in [9.17, 15) is 14.7 Å². The van der Waals surface area contributed by atoms with E-state index in [1.807, 2.05) is 6.92 Å². The molecule has 1 atom stereocenters. The van der Waals surface area contributed by atoms with Crippen LogP contribution in [-0.2, 0) is 10.2 Å². The zero-order valence-electron chi connectivity index (χ0n) is 8.49. The quantitative estimate of drug-likeness (QED) is 0.801. The van der Waals surface area contributed by atoms with Gasteiger partial charge in [-0.25, -0.2) is 0 Å². The standard InChI is InChI=1S/C12H12O3/c1-2-12(11(14)15)7-10(13)8-5-3-4-6-9(8)12/h3-6H,2,7H2,1H3,(H,14,15). The van der Waals surface area contributed by atoms with Crippen molar-refractivity contribution < 1.29 is 14.7 Å². The number of carboxylic acid groups (broad SMARTS) is 1. The van der Waals surface area contributed by atoms with Crippen molar-refractivity contribution in [3.63, 3.8) is 0 Å². The number of hydrogen-bond acceptors (Lipinski definition) is 2. The molecule has 0 saturated carbocycles. The molecule has 1 aliphatic rings. The topological polar surface area (TPSA) is 54.4 Å². The lowest BCUT2D eigenvalue weighted by atomic mass is 9.79.